The van der Waals surface area contributed by atoms with Gasteiger partial charge in [0.25, 0.3) is 0 Å². The lowest BCUT2D eigenvalue weighted by Gasteiger charge is -2.09. The predicted molar refractivity (Wildman–Crippen MR) is 70.2 cm³/mol. The zero-order valence-electron chi connectivity index (χ0n) is 10.3. The highest BCUT2D eigenvalue weighted by atomic mass is 32.1. The lowest BCUT2D eigenvalue weighted by molar-refractivity contribution is 0.289. The molecule has 0 fully saturated rings. The Morgan fingerprint density at radius 1 is 1.50 bits per heavy atom. The standard InChI is InChI=1S/C13H15FN2OS/c1-8-7-18-13(16-8)6-17-12-4-3-10(9(2)15)5-11(12)14/h3-5,7,9H,6,15H2,1-2H3/t9-/m0/s1. The molecule has 0 radical (unpaired) electrons. The predicted octanol–water partition coefficient (Wildman–Crippen LogP) is 3.19. The molecule has 1 aromatic carbocycles. The van der Waals surface area contributed by atoms with Gasteiger partial charge in [-0.3, -0.25) is 0 Å². The van der Waals surface area contributed by atoms with Crippen LogP contribution in [0.4, 0.5) is 4.39 Å². The van der Waals surface area contributed by atoms with Gasteiger partial charge >= 0.3 is 0 Å². The fourth-order valence-corrected chi connectivity index (χ4v) is 2.21. The molecule has 2 N–H and O–H groups in total. The van der Waals surface area contributed by atoms with E-state index >= 15 is 0 Å². The summed E-state index contributed by atoms with van der Waals surface area (Å²) < 4.78 is 19.1. The molecule has 96 valence electrons. The number of nitrogens with zero attached hydrogens (tertiary/aromatic N) is 1. The second kappa shape index (κ2) is 5.46. The Hall–Kier alpha value is -1.46. The average molecular weight is 266 g/mol. The molecule has 0 aliphatic heterocycles. The van der Waals surface area contributed by atoms with Gasteiger partial charge in [-0.15, -0.1) is 11.3 Å². The van der Waals surface area contributed by atoms with Crippen molar-refractivity contribution in [3.05, 3.63) is 45.7 Å². The van der Waals surface area contributed by atoms with E-state index in [2.05, 4.69) is 4.98 Å². The minimum absolute atomic E-state index is 0.185. The quantitative estimate of drug-likeness (QED) is 0.924. The van der Waals surface area contributed by atoms with Crippen molar-refractivity contribution in [2.75, 3.05) is 0 Å². The van der Waals surface area contributed by atoms with Crippen LogP contribution >= 0.6 is 11.3 Å². The number of aryl methyl sites for hydroxylation is 1. The molecule has 0 unspecified atom stereocenters. The first-order valence-electron chi connectivity index (χ1n) is 5.65. The number of ether oxygens (including phenoxy) is 1. The number of hydrogen-bond acceptors (Lipinski definition) is 4. The van der Waals surface area contributed by atoms with Crippen LogP contribution in [0.5, 0.6) is 5.75 Å². The van der Waals surface area contributed by atoms with Gasteiger partial charge in [-0.2, -0.15) is 0 Å². The van der Waals surface area contributed by atoms with E-state index in [0.29, 0.717) is 0 Å². The number of halogens is 1. The van der Waals surface area contributed by atoms with Crippen LogP contribution < -0.4 is 10.5 Å². The number of rotatable bonds is 4. The molecule has 0 aliphatic rings. The van der Waals surface area contributed by atoms with Gasteiger partial charge in [-0.25, -0.2) is 9.37 Å². The van der Waals surface area contributed by atoms with Crippen molar-refractivity contribution in [2.45, 2.75) is 26.5 Å². The lowest BCUT2D eigenvalue weighted by Crippen LogP contribution is -2.06. The van der Waals surface area contributed by atoms with E-state index in [0.717, 1.165) is 16.3 Å². The van der Waals surface area contributed by atoms with E-state index in [1.165, 1.54) is 17.4 Å². The highest BCUT2D eigenvalue weighted by Crippen LogP contribution is 2.22. The SMILES string of the molecule is Cc1csc(COc2ccc([C@H](C)N)cc2F)n1. The van der Waals surface area contributed by atoms with Crippen LogP contribution in [-0.4, -0.2) is 4.98 Å². The molecule has 18 heavy (non-hydrogen) atoms. The maximum atomic E-state index is 13.7. The van der Waals surface area contributed by atoms with E-state index < -0.39 is 5.82 Å². The Bertz CT molecular complexity index is 540. The monoisotopic (exact) mass is 266 g/mol. The molecular formula is C13H15FN2OS. The van der Waals surface area contributed by atoms with Gasteiger partial charge < -0.3 is 10.5 Å². The second-order valence-electron chi connectivity index (χ2n) is 4.15. The van der Waals surface area contributed by atoms with Gasteiger partial charge in [0, 0.05) is 17.1 Å². The molecule has 3 nitrogen and oxygen atoms in total. The molecule has 0 amide bonds. The minimum Gasteiger partial charge on any atom is -0.483 e. The molecule has 0 aliphatic carbocycles. The van der Waals surface area contributed by atoms with Crippen LogP contribution in [0.25, 0.3) is 0 Å². The van der Waals surface area contributed by atoms with Gasteiger partial charge in [0.15, 0.2) is 11.6 Å². The molecule has 1 aromatic heterocycles. The molecular weight excluding hydrogens is 251 g/mol. The molecule has 2 rings (SSSR count). The van der Waals surface area contributed by atoms with Gasteiger partial charge in [0.05, 0.1) is 0 Å². The normalized spacial score (nSPS) is 12.4. The van der Waals surface area contributed by atoms with Crippen molar-refractivity contribution in [1.82, 2.24) is 4.98 Å². The van der Waals surface area contributed by atoms with E-state index in [1.807, 2.05) is 19.2 Å². The van der Waals surface area contributed by atoms with E-state index in [4.69, 9.17) is 10.5 Å². The highest BCUT2D eigenvalue weighted by Gasteiger charge is 2.08. The van der Waals surface area contributed by atoms with Crippen LogP contribution in [0.1, 0.15) is 29.2 Å². The maximum Gasteiger partial charge on any atom is 0.165 e. The molecule has 5 heteroatoms. The van der Waals surface area contributed by atoms with Crippen molar-refractivity contribution in [1.29, 1.82) is 0 Å². The van der Waals surface area contributed by atoms with E-state index in [9.17, 15) is 4.39 Å². The number of thiazole rings is 1. The Morgan fingerprint density at radius 2 is 2.28 bits per heavy atom. The molecule has 1 atom stereocenters. The van der Waals surface area contributed by atoms with Gasteiger partial charge in [-0.1, -0.05) is 6.07 Å². The minimum atomic E-state index is -0.391. The third kappa shape index (κ3) is 3.05. The summed E-state index contributed by atoms with van der Waals surface area (Å²) in [6, 6.07) is 4.60. The van der Waals surface area contributed by atoms with Crippen LogP contribution in [0.3, 0.4) is 0 Å². The molecule has 0 bridgehead atoms. The smallest absolute Gasteiger partial charge is 0.165 e. The summed E-state index contributed by atoms with van der Waals surface area (Å²) in [4.78, 5) is 4.25. The largest absolute Gasteiger partial charge is 0.483 e. The summed E-state index contributed by atoms with van der Waals surface area (Å²) in [5, 5.41) is 2.78. The Kier molecular flexibility index (Phi) is 3.93. The summed E-state index contributed by atoms with van der Waals surface area (Å²) in [5.74, 6) is -0.162. The number of hydrogen-bond donors (Lipinski definition) is 1. The van der Waals surface area contributed by atoms with Crippen molar-refractivity contribution in [3.8, 4) is 5.75 Å². The van der Waals surface area contributed by atoms with Gasteiger partial charge in [0.2, 0.25) is 0 Å². The van der Waals surface area contributed by atoms with Crippen LogP contribution in [0.2, 0.25) is 0 Å². The third-order valence-corrected chi connectivity index (χ3v) is 3.44. The van der Waals surface area contributed by atoms with Gasteiger partial charge in [0.1, 0.15) is 11.6 Å². The Labute approximate surface area is 109 Å². The number of nitrogens with two attached hydrogens (primary N) is 1. The molecule has 0 saturated carbocycles. The summed E-state index contributed by atoms with van der Waals surface area (Å²) >= 11 is 1.50. The second-order valence-corrected chi connectivity index (χ2v) is 5.09. The summed E-state index contributed by atoms with van der Waals surface area (Å²) in [6.45, 7) is 4.01. The van der Waals surface area contributed by atoms with Crippen LogP contribution in [0, 0.1) is 12.7 Å². The third-order valence-electron chi connectivity index (χ3n) is 2.50. The van der Waals surface area contributed by atoms with E-state index in [1.54, 1.807) is 12.1 Å². The first-order chi connectivity index (χ1) is 8.56. The topological polar surface area (TPSA) is 48.1 Å². The summed E-state index contributed by atoms with van der Waals surface area (Å²) in [5.41, 5.74) is 7.39. The average Bonchev–Trinajstić information content (AvgIpc) is 2.73. The molecule has 0 spiro atoms. The number of benzene rings is 1. The van der Waals surface area contributed by atoms with E-state index in [-0.39, 0.29) is 18.4 Å². The Balaban J connectivity index is 2.05. The maximum absolute atomic E-state index is 13.7. The van der Waals surface area contributed by atoms with Crippen LogP contribution in [-0.2, 0) is 6.61 Å². The Morgan fingerprint density at radius 3 is 2.83 bits per heavy atom. The highest BCUT2D eigenvalue weighted by molar-refractivity contribution is 7.09. The van der Waals surface area contributed by atoms with Crippen molar-refractivity contribution in [2.24, 2.45) is 5.73 Å². The zero-order chi connectivity index (χ0) is 13.1. The summed E-state index contributed by atoms with van der Waals surface area (Å²) in [7, 11) is 0. The van der Waals surface area contributed by atoms with Gasteiger partial charge in [-0.05, 0) is 31.5 Å². The molecule has 1 heterocycles. The van der Waals surface area contributed by atoms with Crippen molar-refractivity contribution >= 4 is 11.3 Å². The number of aromatic nitrogens is 1. The molecule has 0 saturated heterocycles. The lowest BCUT2D eigenvalue weighted by atomic mass is 10.1. The molecule has 2 aromatic rings. The van der Waals surface area contributed by atoms with Crippen molar-refractivity contribution < 1.29 is 9.13 Å². The first kappa shape index (κ1) is 13.0. The zero-order valence-corrected chi connectivity index (χ0v) is 11.1. The fourth-order valence-electron chi connectivity index (χ4n) is 1.53. The first-order valence-corrected chi connectivity index (χ1v) is 6.53. The van der Waals surface area contributed by atoms with Crippen LogP contribution in [0.15, 0.2) is 23.6 Å². The fraction of sp³-hybridized carbons (Fsp3) is 0.308. The van der Waals surface area contributed by atoms with Crippen molar-refractivity contribution in [3.63, 3.8) is 0 Å². The summed E-state index contributed by atoms with van der Waals surface area (Å²) in [6.07, 6.45) is 0.